The Kier molecular flexibility index (Phi) is 5.24. The van der Waals surface area contributed by atoms with Gasteiger partial charge in [0.25, 0.3) is 5.91 Å². The number of aromatic hydroxyl groups is 1. The first-order chi connectivity index (χ1) is 16.7. The van der Waals surface area contributed by atoms with Crippen LogP contribution in [0.4, 0.5) is 30.7 Å². The lowest BCUT2D eigenvalue weighted by molar-refractivity contribution is -0.140. The summed E-state index contributed by atoms with van der Waals surface area (Å²) < 4.78 is 95.5. The lowest BCUT2D eigenvalue weighted by Gasteiger charge is -2.61. The molecule has 12 heteroatoms. The maximum absolute atomic E-state index is 14.0. The van der Waals surface area contributed by atoms with Crippen LogP contribution < -0.4 is 0 Å². The number of hydrogen-bond acceptors (Lipinski definition) is 4. The molecule has 0 aromatic heterocycles. The average Bonchev–Trinajstić information content (AvgIpc) is 3.19. The summed E-state index contributed by atoms with van der Waals surface area (Å²) in [6.45, 7) is 0.308. The molecule has 2 aromatic carbocycles. The minimum atomic E-state index is -4.88. The van der Waals surface area contributed by atoms with E-state index in [4.69, 9.17) is 0 Å². The summed E-state index contributed by atoms with van der Waals surface area (Å²) in [5.74, 6) is -2.49. The Bertz CT molecular complexity index is 1290. The van der Waals surface area contributed by atoms with Gasteiger partial charge in [0.15, 0.2) is 5.70 Å². The number of carbonyl (C=O) groups is 1. The van der Waals surface area contributed by atoms with E-state index in [1.165, 1.54) is 11.0 Å². The molecule has 2 fully saturated rings. The van der Waals surface area contributed by atoms with Crippen LogP contribution in [0, 0.1) is 17.2 Å². The van der Waals surface area contributed by atoms with E-state index in [0.29, 0.717) is 6.08 Å². The molecule has 2 heterocycles. The second-order valence-electron chi connectivity index (χ2n) is 9.53. The van der Waals surface area contributed by atoms with Gasteiger partial charge in [-0.15, -0.1) is 5.11 Å². The summed E-state index contributed by atoms with van der Waals surface area (Å²) in [7, 11) is 0. The van der Waals surface area contributed by atoms with E-state index in [1.807, 2.05) is 0 Å². The number of phenols is 1. The molecule has 1 spiro atoms. The topological polar surface area (TPSA) is 65.3 Å². The summed E-state index contributed by atoms with van der Waals surface area (Å²) >= 11 is 0. The number of carbonyl (C=O) groups excluding carboxylic acids is 1. The fourth-order valence-electron chi connectivity index (χ4n) is 5.48. The van der Waals surface area contributed by atoms with Crippen molar-refractivity contribution in [1.82, 2.24) is 4.90 Å². The number of allylic oxidation sites excluding steroid dienone is 1. The first-order valence-electron chi connectivity index (χ1n) is 10.9. The van der Waals surface area contributed by atoms with E-state index in [-0.39, 0.29) is 37.2 Å². The molecule has 36 heavy (non-hydrogen) atoms. The quantitative estimate of drug-likeness (QED) is 0.496. The number of halogens is 7. The fraction of sp³-hybridized carbons (Fsp3) is 0.375. The maximum atomic E-state index is 14.0. The monoisotopic (exact) mass is 513 g/mol. The third kappa shape index (κ3) is 3.82. The number of azo groups is 1. The lowest BCUT2D eigenvalue weighted by atomic mass is 9.51. The number of alkyl halides is 6. The first kappa shape index (κ1) is 24.3. The van der Waals surface area contributed by atoms with Crippen LogP contribution in [0.15, 0.2) is 64.5 Å². The highest BCUT2D eigenvalue weighted by atomic mass is 19.4. The third-order valence-corrected chi connectivity index (χ3v) is 7.14. The second-order valence-corrected chi connectivity index (χ2v) is 9.53. The van der Waals surface area contributed by atoms with Crippen molar-refractivity contribution < 1.29 is 40.6 Å². The first-order valence-corrected chi connectivity index (χ1v) is 10.9. The number of benzene rings is 2. The molecule has 5 nitrogen and oxygen atoms in total. The van der Waals surface area contributed by atoms with E-state index in [0.717, 1.165) is 36.4 Å². The maximum Gasteiger partial charge on any atom is 0.434 e. The zero-order valence-corrected chi connectivity index (χ0v) is 18.4. The Morgan fingerprint density at radius 2 is 1.67 bits per heavy atom. The van der Waals surface area contributed by atoms with Gasteiger partial charge in [0.1, 0.15) is 17.1 Å². The van der Waals surface area contributed by atoms with Crippen LogP contribution in [-0.4, -0.2) is 35.2 Å². The largest absolute Gasteiger partial charge is 0.508 e. The van der Waals surface area contributed by atoms with Crippen molar-refractivity contribution in [1.29, 1.82) is 0 Å². The van der Waals surface area contributed by atoms with Gasteiger partial charge in [0.2, 0.25) is 0 Å². The highest BCUT2D eigenvalue weighted by Crippen LogP contribution is 2.62. The molecular weight excluding hydrogens is 495 g/mol. The molecule has 1 unspecified atom stereocenters. The highest BCUT2D eigenvalue weighted by Gasteiger charge is 2.62. The van der Waals surface area contributed by atoms with Gasteiger partial charge in [0, 0.05) is 18.5 Å². The molecule has 190 valence electrons. The van der Waals surface area contributed by atoms with E-state index in [9.17, 15) is 40.6 Å². The fourth-order valence-corrected chi connectivity index (χ4v) is 5.48. The number of likely N-dealkylation sites (tertiary alicyclic amines) is 1. The van der Waals surface area contributed by atoms with Gasteiger partial charge in [-0.3, -0.25) is 4.79 Å². The Balaban J connectivity index is 1.41. The third-order valence-electron chi connectivity index (χ3n) is 7.14. The summed E-state index contributed by atoms with van der Waals surface area (Å²) in [6, 6.07) is 7.42. The molecule has 1 saturated carbocycles. The van der Waals surface area contributed by atoms with Crippen molar-refractivity contribution in [2.45, 2.75) is 30.7 Å². The van der Waals surface area contributed by atoms with Gasteiger partial charge in [-0.05, 0) is 54.7 Å². The number of amides is 1. The van der Waals surface area contributed by atoms with E-state index in [2.05, 4.69) is 10.2 Å². The molecule has 0 bridgehead atoms. The highest BCUT2D eigenvalue weighted by molar-refractivity contribution is 5.95. The Labute approximate surface area is 199 Å². The SMILES string of the molecule is O=C(c1cc(O)ccc1F)N1CC2(CC(C3(c4ccccc4C(F)(F)F)C=C(C(F)(F)F)N=N3)C2)C1. The van der Waals surface area contributed by atoms with Crippen molar-refractivity contribution in [3.05, 3.63) is 76.7 Å². The Morgan fingerprint density at radius 1 is 1.00 bits per heavy atom. The van der Waals surface area contributed by atoms with E-state index < -0.39 is 57.8 Å². The van der Waals surface area contributed by atoms with E-state index >= 15 is 0 Å². The standard InChI is InChI=1S/C24H18F7N3O2/c25-18-6-5-14(35)7-15(18)20(36)34-11-21(12-34)8-13(9-21)22(10-19(32-33-22)24(29,30)31)16-3-1-2-4-17(16)23(26,27)28/h1-7,10,13,35H,8-9,11-12H2. The summed E-state index contributed by atoms with van der Waals surface area (Å²) in [6.07, 6.45) is -8.64. The summed E-state index contributed by atoms with van der Waals surface area (Å²) in [4.78, 5) is 14.0. The van der Waals surface area contributed by atoms with Crippen LogP contribution in [0.2, 0.25) is 0 Å². The average molecular weight is 513 g/mol. The van der Waals surface area contributed by atoms with Crippen LogP contribution in [0.3, 0.4) is 0 Å². The van der Waals surface area contributed by atoms with Crippen LogP contribution in [-0.2, 0) is 11.7 Å². The molecule has 1 saturated heterocycles. The van der Waals surface area contributed by atoms with Gasteiger partial charge in [0.05, 0.1) is 11.1 Å². The molecule has 0 radical (unpaired) electrons. The smallest absolute Gasteiger partial charge is 0.434 e. The molecule has 2 aromatic rings. The molecule has 1 atom stereocenters. The minimum Gasteiger partial charge on any atom is -0.508 e. The zero-order valence-electron chi connectivity index (χ0n) is 18.4. The second kappa shape index (κ2) is 7.78. The van der Waals surface area contributed by atoms with Gasteiger partial charge < -0.3 is 10.0 Å². The normalized spacial score (nSPS) is 23.4. The van der Waals surface area contributed by atoms with Gasteiger partial charge in [-0.2, -0.15) is 31.5 Å². The van der Waals surface area contributed by atoms with Gasteiger partial charge >= 0.3 is 12.4 Å². The van der Waals surface area contributed by atoms with Crippen molar-refractivity contribution in [2.75, 3.05) is 13.1 Å². The van der Waals surface area contributed by atoms with E-state index in [1.54, 1.807) is 0 Å². The molecule has 5 rings (SSSR count). The van der Waals surface area contributed by atoms with Crippen LogP contribution >= 0.6 is 0 Å². The van der Waals surface area contributed by atoms with Crippen LogP contribution in [0.1, 0.15) is 34.3 Å². The molecule has 3 aliphatic rings. The zero-order chi connectivity index (χ0) is 26.1. The molecule has 1 amide bonds. The van der Waals surface area contributed by atoms with Crippen molar-refractivity contribution in [3.8, 4) is 5.75 Å². The molecule has 2 aliphatic heterocycles. The van der Waals surface area contributed by atoms with Crippen molar-refractivity contribution in [2.24, 2.45) is 21.6 Å². The molecule has 1 N–H and O–H groups in total. The predicted octanol–water partition coefficient (Wildman–Crippen LogP) is 6.21. The van der Waals surface area contributed by atoms with Crippen molar-refractivity contribution >= 4 is 5.91 Å². The number of hydrogen-bond donors (Lipinski definition) is 1. The summed E-state index contributed by atoms with van der Waals surface area (Å²) in [5, 5.41) is 16.5. The summed E-state index contributed by atoms with van der Waals surface area (Å²) in [5.41, 5.74) is -5.66. The Hall–Kier alpha value is -3.44. The number of rotatable bonds is 3. The van der Waals surface area contributed by atoms with Crippen molar-refractivity contribution in [3.63, 3.8) is 0 Å². The molecule has 1 aliphatic carbocycles. The number of nitrogens with zero attached hydrogens (tertiary/aromatic N) is 3. The molecular formula is C24H18F7N3O2. The Morgan fingerprint density at radius 3 is 2.28 bits per heavy atom. The van der Waals surface area contributed by atoms with Crippen LogP contribution in [0.5, 0.6) is 5.75 Å². The predicted molar refractivity (Wildman–Crippen MR) is 111 cm³/mol. The van der Waals surface area contributed by atoms with Crippen LogP contribution in [0.25, 0.3) is 0 Å². The minimum absolute atomic E-state index is 0.154. The number of phenolic OH excluding ortho intramolecular Hbond substituents is 1. The van der Waals surface area contributed by atoms with Gasteiger partial charge in [-0.25, -0.2) is 4.39 Å². The van der Waals surface area contributed by atoms with Gasteiger partial charge in [-0.1, -0.05) is 18.2 Å². The lowest BCUT2D eigenvalue weighted by Crippen LogP contribution is -2.65.